The second-order valence-electron chi connectivity index (χ2n) is 6.89. The second-order valence-corrected chi connectivity index (χ2v) is 6.89. The van der Waals surface area contributed by atoms with Crippen molar-refractivity contribution in [1.82, 2.24) is 10.6 Å². The van der Waals surface area contributed by atoms with E-state index in [0.29, 0.717) is 18.7 Å². The molecule has 0 saturated carbocycles. The maximum Gasteiger partial charge on any atom is 0.248 e. The SMILES string of the molecule is CCNC(=NCc1ccc(C(N)=O)cc1)NCCCOc1ccc2ccccc2c1.I. The van der Waals surface area contributed by atoms with Crippen LogP contribution in [-0.4, -0.2) is 31.6 Å². The van der Waals surface area contributed by atoms with E-state index in [-0.39, 0.29) is 24.0 Å². The van der Waals surface area contributed by atoms with E-state index in [2.05, 4.69) is 39.9 Å². The average molecular weight is 532 g/mol. The largest absolute Gasteiger partial charge is 0.494 e. The molecule has 3 aromatic rings. The van der Waals surface area contributed by atoms with Gasteiger partial charge in [-0.05, 0) is 53.9 Å². The minimum atomic E-state index is -0.425. The van der Waals surface area contributed by atoms with Gasteiger partial charge < -0.3 is 21.1 Å². The Bertz CT molecular complexity index is 1010. The van der Waals surface area contributed by atoms with Crippen LogP contribution in [0.2, 0.25) is 0 Å². The minimum Gasteiger partial charge on any atom is -0.494 e. The molecular formula is C24H29IN4O2. The van der Waals surface area contributed by atoms with Crippen molar-refractivity contribution in [1.29, 1.82) is 0 Å². The summed E-state index contributed by atoms with van der Waals surface area (Å²) in [5.74, 6) is 1.21. The number of benzene rings is 3. The molecule has 0 unspecified atom stereocenters. The van der Waals surface area contributed by atoms with Crippen molar-refractivity contribution in [2.75, 3.05) is 19.7 Å². The number of hydrogen-bond acceptors (Lipinski definition) is 3. The summed E-state index contributed by atoms with van der Waals surface area (Å²) in [6.07, 6.45) is 0.852. The molecule has 0 fully saturated rings. The van der Waals surface area contributed by atoms with Crippen molar-refractivity contribution in [3.05, 3.63) is 77.9 Å². The van der Waals surface area contributed by atoms with Crippen LogP contribution in [0.3, 0.4) is 0 Å². The summed E-state index contributed by atoms with van der Waals surface area (Å²) in [5, 5.41) is 8.95. The van der Waals surface area contributed by atoms with Crippen LogP contribution in [0, 0.1) is 0 Å². The van der Waals surface area contributed by atoms with E-state index in [4.69, 9.17) is 10.5 Å². The molecule has 0 aliphatic carbocycles. The van der Waals surface area contributed by atoms with Gasteiger partial charge in [-0.25, -0.2) is 4.99 Å². The van der Waals surface area contributed by atoms with Crippen LogP contribution < -0.4 is 21.1 Å². The van der Waals surface area contributed by atoms with E-state index in [1.807, 2.05) is 37.3 Å². The lowest BCUT2D eigenvalue weighted by Gasteiger charge is -2.12. The van der Waals surface area contributed by atoms with Crippen LogP contribution in [0.15, 0.2) is 71.7 Å². The number of carbonyl (C=O) groups is 1. The topological polar surface area (TPSA) is 88.7 Å². The highest BCUT2D eigenvalue weighted by atomic mass is 127. The van der Waals surface area contributed by atoms with Gasteiger partial charge in [0.2, 0.25) is 5.91 Å². The Kier molecular flexibility index (Phi) is 10.1. The molecule has 7 heteroatoms. The molecule has 0 spiro atoms. The van der Waals surface area contributed by atoms with Crippen molar-refractivity contribution >= 4 is 46.6 Å². The number of carbonyl (C=O) groups excluding carboxylic acids is 1. The van der Waals surface area contributed by atoms with Crippen molar-refractivity contribution in [2.24, 2.45) is 10.7 Å². The highest BCUT2D eigenvalue weighted by Crippen LogP contribution is 2.20. The zero-order valence-electron chi connectivity index (χ0n) is 17.6. The number of fused-ring (bicyclic) bond motifs is 1. The first-order chi connectivity index (χ1) is 14.7. The first kappa shape index (κ1) is 24.5. The summed E-state index contributed by atoms with van der Waals surface area (Å²) < 4.78 is 5.88. The van der Waals surface area contributed by atoms with Crippen LogP contribution in [0.25, 0.3) is 10.8 Å². The molecule has 0 radical (unpaired) electrons. The smallest absolute Gasteiger partial charge is 0.248 e. The summed E-state index contributed by atoms with van der Waals surface area (Å²) >= 11 is 0. The minimum absolute atomic E-state index is 0. The summed E-state index contributed by atoms with van der Waals surface area (Å²) in [6, 6.07) is 21.6. The Hall–Kier alpha value is -2.81. The van der Waals surface area contributed by atoms with Crippen molar-refractivity contribution in [2.45, 2.75) is 19.9 Å². The van der Waals surface area contributed by atoms with E-state index in [9.17, 15) is 4.79 Å². The van der Waals surface area contributed by atoms with Gasteiger partial charge in [0.05, 0.1) is 13.2 Å². The van der Waals surface area contributed by atoms with E-state index in [1.54, 1.807) is 12.1 Å². The normalized spacial score (nSPS) is 10.9. The van der Waals surface area contributed by atoms with E-state index in [1.165, 1.54) is 10.8 Å². The molecular weight excluding hydrogens is 503 g/mol. The lowest BCUT2D eigenvalue weighted by atomic mass is 10.1. The Labute approximate surface area is 200 Å². The Morgan fingerprint density at radius 1 is 1.00 bits per heavy atom. The van der Waals surface area contributed by atoms with Gasteiger partial charge in [0.15, 0.2) is 5.96 Å². The third-order valence-electron chi connectivity index (χ3n) is 4.61. The van der Waals surface area contributed by atoms with E-state index < -0.39 is 5.91 Å². The number of nitrogens with one attached hydrogen (secondary N) is 2. The number of guanidine groups is 1. The van der Waals surface area contributed by atoms with Crippen molar-refractivity contribution < 1.29 is 9.53 Å². The van der Waals surface area contributed by atoms with E-state index >= 15 is 0 Å². The van der Waals surface area contributed by atoms with E-state index in [0.717, 1.165) is 36.8 Å². The molecule has 0 aliphatic heterocycles. The Balaban J connectivity index is 0.00000341. The zero-order chi connectivity index (χ0) is 21.2. The molecule has 0 saturated heterocycles. The van der Waals surface area contributed by atoms with Gasteiger partial charge in [0.1, 0.15) is 5.75 Å². The zero-order valence-corrected chi connectivity index (χ0v) is 20.0. The van der Waals surface area contributed by atoms with Gasteiger partial charge >= 0.3 is 0 Å². The van der Waals surface area contributed by atoms with Gasteiger partial charge in [-0.2, -0.15) is 0 Å². The predicted octanol–water partition coefficient (Wildman–Crippen LogP) is 4.08. The third kappa shape index (κ3) is 7.75. The molecule has 164 valence electrons. The number of nitrogens with two attached hydrogens (primary N) is 1. The number of hydrogen-bond donors (Lipinski definition) is 3. The van der Waals surface area contributed by atoms with Crippen molar-refractivity contribution in [3.63, 3.8) is 0 Å². The summed E-state index contributed by atoms with van der Waals surface area (Å²) in [7, 11) is 0. The van der Waals surface area contributed by atoms with Crippen LogP contribution >= 0.6 is 24.0 Å². The fourth-order valence-corrected chi connectivity index (χ4v) is 3.01. The number of ether oxygens (including phenoxy) is 1. The van der Waals surface area contributed by atoms with Crippen molar-refractivity contribution in [3.8, 4) is 5.75 Å². The molecule has 3 aromatic carbocycles. The summed E-state index contributed by atoms with van der Waals surface area (Å²) in [4.78, 5) is 15.7. The number of rotatable bonds is 9. The predicted molar refractivity (Wildman–Crippen MR) is 137 cm³/mol. The molecule has 31 heavy (non-hydrogen) atoms. The number of aliphatic imine (C=N–C) groups is 1. The standard InChI is InChI=1S/C24H28N4O2.HI/c1-2-26-24(28-17-18-8-10-20(11-9-18)23(25)29)27-14-5-15-30-22-13-12-19-6-3-4-7-21(19)16-22;/h3-4,6-13,16H,2,5,14-15,17H2,1H3,(H2,25,29)(H2,26,27,28);1H. The quantitative estimate of drug-likeness (QED) is 0.168. The molecule has 0 aromatic heterocycles. The first-order valence-electron chi connectivity index (χ1n) is 10.2. The van der Waals surface area contributed by atoms with Crippen LogP contribution in [0.5, 0.6) is 5.75 Å². The third-order valence-corrected chi connectivity index (χ3v) is 4.61. The molecule has 0 aliphatic rings. The Morgan fingerprint density at radius 2 is 1.74 bits per heavy atom. The fourth-order valence-electron chi connectivity index (χ4n) is 3.01. The monoisotopic (exact) mass is 532 g/mol. The Morgan fingerprint density at radius 3 is 2.45 bits per heavy atom. The molecule has 0 atom stereocenters. The van der Waals surface area contributed by atoms with Gasteiger partial charge in [0.25, 0.3) is 0 Å². The lowest BCUT2D eigenvalue weighted by molar-refractivity contribution is 0.100. The van der Waals surface area contributed by atoms with Crippen LogP contribution in [-0.2, 0) is 6.54 Å². The van der Waals surface area contributed by atoms with Gasteiger partial charge in [-0.1, -0.05) is 42.5 Å². The number of halogens is 1. The highest BCUT2D eigenvalue weighted by molar-refractivity contribution is 14.0. The first-order valence-corrected chi connectivity index (χ1v) is 10.2. The fraction of sp³-hybridized carbons (Fsp3) is 0.250. The molecule has 1 amide bonds. The van der Waals surface area contributed by atoms with Crippen LogP contribution in [0.1, 0.15) is 29.3 Å². The summed E-state index contributed by atoms with van der Waals surface area (Å²) in [6.45, 7) is 4.70. The van der Waals surface area contributed by atoms with Gasteiger partial charge in [-0.15, -0.1) is 24.0 Å². The molecule has 4 N–H and O–H groups in total. The number of primary amides is 1. The average Bonchev–Trinajstić information content (AvgIpc) is 2.77. The summed E-state index contributed by atoms with van der Waals surface area (Å²) in [5.41, 5.74) is 6.78. The molecule has 0 bridgehead atoms. The molecule has 6 nitrogen and oxygen atoms in total. The molecule has 0 heterocycles. The number of nitrogens with zero attached hydrogens (tertiary/aromatic N) is 1. The molecule has 3 rings (SSSR count). The maximum absolute atomic E-state index is 11.1. The second kappa shape index (κ2) is 12.8. The number of amides is 1. The van der Waals surface area contributed by atoms with Gasteiger partial charge in [0, 0.05) is 18.7 Å². The maximum atomic E-state index is 11.1. The highest BCUT2D eigenvalue weighted by Gasteiger charge is 2.01. The van der Waals surface area contributed by atoms with Crippen LogP contribution in [0.4, 0.5) is 0 Å². The lowest BCUT2D eigenvalue weighted by Crippen LogP contribution is -2.38. The van der Waals surface area contributed by atoms with Gasteiger partial charge in [-0.3, -0.25) is 4.79 Å².